The standard InChI is InChI=1S/C22H17N3OS/c26-22-18-6-3-5-17(21-13-27-14-23-21)19(18)12-25(22)11-10-16-9-8-15-4-1-2-7-20(15)24-16/h1-9,13-14H,10-12H2. The second-order valence-corrected chi connectivity index (χ2v) is 7.40. The average Bonchev–Trinajstić information content (AvgIpc) is 3.35. The van der Waals surface area contributed by atoms with Crippen molar-refractivity contribution in [3.63, 3.8) is 0 Å². The summed E-state index contributed by atoms with van der Waals surface area (Å²) in [6.45, 7) is 1.30. The van der Waals surface area contributed by atoms with E-state index in [1.165, 1.54) is 0 Å². The van der Waals surface area contributed by atoms with Crippen LogP contribution in [0.1, 0.15) is 21.6 Å². The van der Waals surface area contributed by atoms with E-state index in [1.54, 1.807) is 11.3 Å². The molecule has 0 radical (unpaired) electrons. The number of pyridine rings is 1. The van der Waals surface area contributed by atoms with Crippen LogP contribution in [0.15, 0.2) is 65.5 Å². The van der Waals surface area contributed by atoms with Gasteiger partial charge in [-0.15, -0.1) is 11.3 Å². The number of carbonyl (C=O) groups is 1. The number of para-hydroxylation sites is 1. The van der Waals surface area contributed by atoms with Crippen molar-refractivity contribution in [1.82, 2.24) is 14.9 Å². The number of nitrogens with zero attached hydrogens (tertiary/aromatic N) is 3. The number of hydrogen-bond donors (Lipinski definition) is 0. The second-order valence-electron chi connectivity index (χ2n) is 6.68. The molecule has 4 aromatic rings. The van der Waals surface area contributed by atoms with Crippen LogP contribution in [-0.4, -0.2) is 27.3 Å². The van der Waals surface area contributed by atoms with Crippen LogP contribution >= 0.6 is 11.3 Å². The number of benzene rings is 2. The maximum absolute atomic E-state index is 12.8. The maximum Gasteiger partial charge on any atom is 0.254 e. The highest BCUT2D eigenvalue weighted by molar-refractivity contribution is 7.07. The zero-order valence-corrected chi connectivity index (χ0v) is 15.4. The molecule has 3 heterocycles. The summed E-state index contributed by atoms with van der Waals surface area (Å²) in [6.07, 6.45) is 0.747. The maximum atomic E-state index is 12.8. The van der Waals surface area contributed by atoms with Crippen LogP contribution < -0.4 is 0 Å². The molecule has 1 aliphatic rings. The third-order valence-corrected chi connectivity index (χ3v) is 5.63. The molecule has 0 atom stereocenters. The molecule has 1 amide bonds. The number of aromatic nitrogens is 2. The van der Waals surface area contributed by atoms with Crippen molar-refractivity contribution in [2.24, 2.45) is 0 Å². The predicted molar refractivity (Wildman–Crippen MR) is 108 cm³/mol. The number of amides is 1. The molecule has 1 aliphatic heterocycles. The van der Waals surface area contributed by atoms with Crippen LogP contribution in [0.25, 0.3) is 22.2 Å². The summed E-state index contributed by atoms with van der Waals surface area (Å²) in [5.41, 5.74) is 7.73. The predicted octanol–water partition coefficient (Wildman–Crippen LogP) is 4.56. The Morgan fingerprint density at radius 2 is 1.89 bits per heavy atom. The molecule has 2 aromatic heterocycles. The van der Waals surface area contributed by atoms with Gasteiger partial charge < -0.3 is 4.90 Å². The largest absolute Gasteiger partial charge is 0.334 e. The first-order valence-corrected chi connectivity index (χ1v) is 9.88. The summed E-state index contributed by atoms with van der Waals surface area (Å²) < 4.78 is 0. The van der Waals surface area contributed by atoms with Gasteiger partial charge in [-0.2, -0.15) is 0 Å². The van der Waals surface area contributed by atoms with Gasteiger partial charge in [-0.1, -0.05) is 36.4 Å². The zero-order chi connectivity index (χ0) is 18.2. The fourth-order valence-corrected chi connectivity index (χ4v) is 4.21. The molecule has 0 bridgehead atoms. The van der Waals surface area contributed by atoms with Crippen molar-refractivity contribution in [1.29, 1.82) is 0 Å². The van der Waals surface area contributed by atoms with Crippen molar-refractivity contribution in [3.05, 3.63) is 82.3 Å². The molecule has 0 unspecified atom stereocenters. The third kappa shape index (κ3) is 2.90. The molecule has 0 N–H and O–H groups in total. The van der Waals surface area contributed by atoms with Crippen LogP contribution in [0.5, 0.6) is 0 Å². The Kier molecular flexibility index (Phi) is 3.94. The van der Waals surface area contributed by atoms with Gasteiger partial charge in [-0.05, 0) is 23.8 Å². The summed E-state index contributed by atoms with van der Waals surface area (Å²) in [5, 5.41) is 3.17. The smallest absolute Gasteiger partial charge is 0.254 e. The van der Waals surface area contributed by atoms with Gasteiger partial charge in [-0.3, -0.25) is 9.78 Å². The van der Waals surface area contributed by atoms with Crippen LogP contribution in [0.2, 0.25) is 0 Å². The number of fused-ring (bicyclic) bond motifs is 2. The lowest BCUT2D eigenvalue weighted by Gasteiger charge is -2.15. The molecule has 132 valence electrons. The van der Waals surface area contributed by atoms with Crippen LogP contribution in [0, 0.1) is 0 Å². The van der Waals surface area contributed by atoms with Gasteiger partial charge in [0, 0.05) is 47.1 Å². The van der Waals surface area contributed by atoms with Gasteiger partial charge in [-0.25, -0.2) is 4.98 Å². The Bertz CT molecular complexity index is 1140. The number of rotatable bonds is 4. The van der Waals surface area contributed by atoms with E-state index >= 15 is 0 Å². The Hall–Kier alpha value is -3.05. The lowest BCUT2D eigenvalue weighted by atomic mass is 10.0. The van der Waals surface area contributed by atoms with Gasteiger partial charge in [0.25, 0.3) is 5.91 Å². The van der Waals surface area contributed by atoms with Crippen LogP contribution in [-0.2, 0) is 13.0 Å². The lowest BCUT2D eigenvalue weighted by Crippen LogP contribution is -2.26. The molecule has 0 aliphatic carbocycles. The zero-order valence-electron chi connectivity index (χ0n) is 14.6. The SMILES string of the molecule is O=C1c2cccc(-c3cscn3)c2CN1CCc1ccc2ccccc2n1. The van der Waals surface area contributed by atoms with Crippen molar-refractivity contribution in [2.45, 2.75) is 13.0 Å². The highest BCUT2D eigenvalue weighted by Gasteiger charge is 2.29. The summed E-state index contributed by atoms with van der Waals surface area (Å²) in [6, 6.07) is 18.2. The van der Waals surface area contributed by atoms with E-state index < -0.39 is 0 Å². The van der Waals surface area contributed by atoms with Crippen LogP contribution in [0.4, 0.5) is 0 Å². The molecular weight excluding hydrogens is 354 g/mol. The Morgan fingerprint density at radius 1 is 1.00 bits per heavy atom. The first-order chi connectivity index (χ1) is 13.3. The fourth-order valence-electron chi connectivity index (χ4n) is 3.65. The van der Waals surface area contributed by atoms with Crippen molar-refractivity contribution in [2.75, 3.05) is 6.54 Å². The van der Waals surface area contributed by atoms with E-state index in [-0.39, 0.29) is 5.91 Å². The van der Waals surface area contributed by atoms with Crippen molar-refractivity contribution < 1.29 is 4.79 Å². The van der Waals surface area contributed by atoms with Gasteiger partial charge in [0.2, 0.25) is 0 Å². The highest BCUT2D eigenvalue weighted by Crippen LogP contribution is 2.32. The molecule has 27 heavy (non-hydrogen) atoms. The molecule has 2 aromatic carbocycles. The third-order valence-electron chi connectivity index (χ3n) is 5.04. The number of thiazole rings is 1. The Balaban J connectivity index is 1.37. The molecule has 0 spiro atoms. The van der Waals surface area contributed by atoms with E-state index in [0.717, 1.165) is 45.4 Å². The van der Waals surface area contributed by atoms with Gasteiger partial charge >= 0.3 is 0 Å². The van der Waals surface area contributed by atoms with Gasteiger partial charge in [0.15, 0.2) is 0 Å². The molecule has 0 saturated heterocycles. The first kappa shape index (κ1) is 16.1. The summed E-state index contributed by atoms with van der Waals surface area (Å²) in [4.78, 5) is 23.9. The Labute approximate surface area is 161 Å². The Morgan fingerprint density at radius 3 is 2.78 bits per heavy atom. The number of carbonyl (C=O) groups excluding carboxylic acids is 1. The average molecular weight is 371 g/mol. The molecule has 5 rings (SSSR count). The monoisotopic (exact) mass is 371 g/mol. The summed E-state index contributed by atoms with van der Waals surface area (Å²) >= 11 is 1.57. The van der Waals surface area contributed by atoms with E-state index in [2.05, 4.69) is 29.2 Å². The van der Waals surface area contributed by atoms with Gasteiger partial charge in [0.05, 0.1) is 16.7 Å². The minimum atomic E-state index is 0.0999. The highest BCUT2D eigenvalue weighted by atomic mass is 32.1. The summed E-state index contributed by atoms with van der Waals surface area (Å²) in [5.74, 6) is 0.0999. The van der Waals surface area contributed by atoms with Crippen molar-refractivity contribution in [3.8, 4) is 11.3 Å². The van der Waals surface area contributed by atoms with E-state index in [0.29, 0.717) is 13.1 Å². The minimum Gasteiger partial charge on any atom is -0.334 e. The fraction of sp³-hybridized carbons (Fsp3) is 0.136. The topological polar surface area (TPSA) is 46.1 Å². The number of hydrogen-bond acceptors (Lipinski definition) is 4. The van der Waals surface area contributed by atoms with Crippen molar-refractivity contribution >= 4 is 28.1 Å². The van der Waals surface area contributed by atoms with Gasteiger partial charge in [0.1, 0.15) is 0 Å². The quantitative estimate of drug-likeness (QED) is 0.528. The first-order valence-electron chi connectivity index (χ1n) is 8.94. The molecule has 0 saturated carbocycles. The van der Waals surface area contributed by atoms with Crippen LogP contribution in [0.3, 0.4) is 0 Å². The minimum absolute atomic E-state index is 0.0999. The lowest BCUT2D eigenvalue weighted by molar-refractivity contribution is 0.0780. The molecule has 4 nitrogen and oxygen atoms in total. The normalized spacial score (nSPS) is 13.3. The summed E-state index contributed by atoms with van der Waals surface area (Å²) in [7, 11) is 0. The van der Waals surface area contributed by atoms with E-state index in [1.807, 2.05) is 46.1 Å². The molecule has 0 fully saturated rings. The van der Waals surface area contributed by atoms with E-state index in [4.69, 9.17) is 4.98 Å². The van der Waals surface area contributed by atoms with E-state index in [9.17, 15) is 4.79 Å². The molecular formula is C22H17N3OS. The molecule has 5 heteroatoms. The second kappa shape index (κ2) is 6.59.